The van der Waals surface area contributed by atoms with E-state index in [0.717, 1.165) is 54.7 Å². The summed E-state index contributed by atoms with van der Waals surface area (Å²) in [6.45, 7) is 0.581. The van der Waals surface area contributed by atoms with Gasteiger partial charge in [-0.1, -0.05) is 36.4 Å². The highest BCUT2D eigenvalue weighted by molar-refractivity contribution is 6.30. The second-order valence-electron chi connectivity index (χ2n) is 7.36. The predicted octanol–water partition coefficient (Wildman–Crippen LogP) is 3.85. The Morgan fingerprint density at radius 1 is 1.07 bits per heavy atom. The number of ether oxygens (including phenoxy) is 1. The molecular formula is C23H17N3O3. The quantitative estimate of drug-likeness (QED) is 0.455. The lowest BCUT2D eigenvalue weighted by Crippen LogP contribution is -2.12. The van der Waals surface area contributed by atoms with E-state index in [9.17, 15) is 9.59 Å². The number of aromatic nitrogens is 2. The highest BCUT2D eigenvalue weighted by Crippen LogP contribution is 2.43. The van der Waals surface area contributed by atoms with E-state index in [1.165, 1.54) is 7.11 Å². The van der Waals surface area contributed by atoms with Crippen molar-refractivity contribution >= 4 is 55.5 Å². The molecule has 0 bridgehead atoms. The van der Waals surface area contributed by atoms with Crippen molar-refractivity contribution in [3.63, 3.8) is 0 Å². The van der Waals surface area contributed by atoms with Gasteiger partial charge in [-0.2, -0.15) is 0 Å². The summed E-state index contributed by atoms with van der Waals surface area (Å²) in [5.74, 6) is -0.368. The SMILES string of the molecule is COC(=O)Cn1c2ccccc2c2c3c(c4c5ccccc5[nH]c4c21)C(=O)NC3. The number of nitrogens with one attached hydrogen (secondary N) is 2. The standard InChI is InChI=1S/C23H17N3O3/c1-29-17(27)11-26-16-9-5-3-7-13(16)18-14-10-24-23(28)20(14)19-12-6-2-4-8-15(12)25-21(19)22(18)26/h2-9,25H,10-11H2,1H3,(H,24,28). The van der Waals surface area contributed by atoms with Gasteiger partial charge in [-0.25, -0.2) is 0 Å². The van der Waals surface area contributed by atoms with Gasteiger partial charge < -0.3 is 19.6 Å². The molecule has 1 amide bonds. The van der Waals surface area contributed by atoms with E-state index in [1.54, 1.807) is 0 Å². The van der Waals surface area contributed by atoms with Crippen LogP contribution in [0.15, 0.2) is 48.5 Å². The van der Waals surface area contributed by atoms with Crippen LogP contribution in [0.1, 0.15) is 15.9 Å². The Morgan fingerprint density at radius 3 is 2.66 bits per heavy atom. The van der Waals surface area contributed by atoms with Crippen molar-refractivity contribution in [3.8, 4) is 0 Å². The summed E-state index contributed by atoms with van der Waals surface area (Å²) in [4.78, 5) is 28.6. The number of aromatic amines is 1. The first-order chi connectivity index (χ1) is 14.2. The first kappa shape index (κ1) is 16.2. The number of methoxy groups -OCH3 is 1. The lowest BCUT2D eigenvalue weighted by Gasteiger charge is -2.08. The van der Waals surface area contributed by atoms with E-state index in [4.69, 9.17) is 4.74 Å². The van der Waals surface area contributed by atoms with E-state index in [0.29, 0.717) is 6.54 Å². The minimum absolute atomic E-state index is 0.0542. The number of para-hydroxylation sites is 2. The number of rotatable bonds is 2. The zero-order chi connectivity index (χ0) is 19.7. The first-order valence-corrected chi connectivity index (χ1v) is 9.50. The van der Waals surface area contributed by atoms with Crippen LogP contribution in [0.25, 0.3) is 43.6 Å². The molecule has 0 aliphatic carbocycles. The van der Waals surface area contributed by atoms with Gasteiger partial charge in [0.25, 0.3) is 5.91 Å². The molecule has 2 N–H and O–H groups in total. The lowest BCUT2D eigenvalue weighted by molar-refractivity contribution is -0.141. The molecule has 0 fully saturated rings. The summed E-state index contributed by atoms with van der Waals surface area (Å²) in [5.41, 5.74) is 5.43. The maximum absolute atomic E-state index is 12.8. The average Bonchev–Trinajstić information content (AvgIpc) is 3.40. The van der Waals surface area contributed by atoms with Crippen molar-refractivity contribution in [2.24, 2.45) is 0 Å². The lowest BCUT2D eigenvalue weighted by atomic mass is 9.97. The first-order valence-electron chi connectivity index (χ1n) is 9.50. The number of hydrogen-bond donors (Lipinski definition) is 2. The predicted molar refractivity (Wildman–Crippen MR) is 112 cm³/mol. The van der Waals surface area contributed by atoms with Gasteiger partial charge in [0.15, 0.2) is 0 Å². The highest BCUT2D eigenvalue weighted by atomic mass is 16.5. The number of amides is 1. The summed E-state index contributed by atoms with van der Waals surface area (Å²) in [5, 5.41) is 6.95. The third kappa shape index (κ3) is 2.00. The monoisotopic (exact) mass is 383 g/mol. The molecule has 6 nitrogen and oxygen atoms in total. The molecule has 6 rings (SSSR count). The third-order valence-corrected chi connectivity index (χ3v) is 5.94. The van der Waals surface area contributed by atoms with Crippen LogP contribution in [0.4, 0.5) is 0 Å². The zero-order valence-corrected chi connectivity index (χ0v) is 15.7. The van der Waals surface area contributed by atoms with Gasteiger partial charge in [0.1, 0.15) is 6.54 Å². The van der Waals surface area contributed by atoms with Gasteiger partial charge in [0.2, 0.25) is 0 Å². The van der Waals surface area contributed by atoms with Gasteiger partial charge in [0, 0.05) is 39.1 Å². The molecule has 5 aromatic rings. The van der Waals surface area contributed by atoms with Crippen molar-refractivity contribution in [2.45, 2.75) is 13.1 Å². The Morgan fingerprint density at radius 2 is 1.83 bits per heavy atom. The largest absolute Gasteiger partial charge is 0.468 e. The fourth-order valence-corrected chi connectivity index (χ4v) is 4.77. The number of fused-ring (bicyclic) bond motifs is 10. The van der Waals surface area contributed by atoms with E-state index in [-0.39, 0.29) is 18.4 Å². The molecule has 0 saturated heterocycles. The Kier molecular flexibility index (Phi) is 3.13. The highest BCUT2D eigenvalue weighted by Gasteiger charge is 2.30. The van der Waals surface area contributed by atoms with Crippen LogP contribution in [0.2, 0.25) is 0 Å². The summed E-state index contributed by atoms with van der Waals surface area (Å²) in [6, 6.07) is 16.0. The average molecular weight is 383 g/mol. The maximum atomic E-state index is 12.8. The molecule has 1 aliphatic rings. The van der Waals surface area contributed by atoms with Gasteiger partial charge >= 0.3 is 5.97 Å². The molecule has 0 atom stereocenters. The van der Waals surface area contributed by atoms with Crippen LogP contribution >= 0.6 is 0 Å². The molecule has 0 spiro atoms. The fourth-order valence-electron chi connectivity index (χ4n) is 4.77. The van der Waals surface area contributed by atoms with Gasteiger partial charge in [0.05, 0.1) is 23.7 Å². The third-order valence-electron chi connectivity index (χ3n) is 5.94. The summed E-state index contributed by atoms with van der Waals surface area (Å²) in [6.07, 6.45) is 0. The second-order valence-corrected chi connectivity index (χ2v) is 7.36. The van der Waals surface area contributed by atoms with E-state index >= 15 is 0 Å². The van der Waals surface area contributed by atoms with Gasteiger partial charge in [-0.05, 0) is 17.7 Å². The molecule has 3 aromatic carbocycles. The number of H-pyrrole nitrogens is 1. The Balaban J connectivity index is 1.93. The number of nitrogens with zero attached hydrogens (tertiary/aromatic N) is 1. The van der Waals surface area contributed by atoms with Crippen molar-refractivity contribution in [3.05, 3.63) is 59.7 Å². The van der Waals surface area contributed by atoms with Crippen molar-refractivity contribution in [1.29, 1.82) is 0 Å². The van der Waals surface area contributed by atoms with E-state index in [1.807, 2.05) is 53.1 Å². The summed E-state index contributed by atoms with van der Waals surface area (Å²) < 4.78 is 6.96. The van der Waals surface area contributed by atoms with Crippen LogP contribution in [0, 0.1) is 0 Å². The number of carbonyl (C=O) groups excluding carboxylic acids is 2. The number of benzene rings is 3. The second kappa shape index (κ2) is 5.61. The summed E-state index contributed by atoms with van der Waals surface area (Å²) in [7, 11) is 1.40. The van der Waals surface area contributed by atoms with Crippen molar-refractivity contribution < 1.29 is 14.3 Å². The van der Waals surface area contributed by atoms with Crippen LogP contribution < -0.4 is 5.32 Å². The molecule has 0 saturated carbocycles. The number of esters is 1. The molecule has 2 aromatic heterocycles. The van der Waals surface area contributed by atoms with Crippen molar-refractivity contribution in [1.82, 2.24) is 14.9 Å². The van der Waals surface area contributed by atoms with Crippen LogP contribution in [-0.2, 0) is 22.6 Å². The minimum atomic E-state index is -0.313. The molecule has 1 aliphatic heterocycles. The molecular weight excluding hydrogens is 366 g/mol. The zero-order valence-electron chi connectivity index (χ0n) is 15.7. The Bertz CT molecular complexity index is 1510. The summed E-state index contributed by atoms with van der Waals surface area (Å²) >= 11 is 0. The van der Waals surface area contributed by atoms with Crippen molar-refractivity contribution in [2.75, 3.05) is 7.11 Å². The van der Waals surface area contributed by atoms with Gasteiger partial charge in [-0.15, -0.1) is 0 Å². The maximum Gasteiger partial charge on any atom is 0.325 e. The molecule has 0 radical (unpaired) electrons. The molecule has 6 heteroatoms. The minimum Gasteiger partial charge on any atom is -0.468 e. The Hall–Kier alpha value is -3.80. The Labute approximate surface area is 165 Å². The molecule has 29 heavy (non-hydrogen) atoms. The smallest absolute Gasteiger partial charge is 0.325 e. The number of carbonyl (C=O) groups is 2. The molecule has 3 heterocycles. The topological polar surface area (TPSA) is 76.1 Å². The number of hydrogen-bond acceptors (Lipinski definition) is 3. The fraction of sp³-hybridized carbons (Fsp3) is 0.130. The normalized spacial score (nSPS) is 13.5. The van der Waals surface area contributed by atoms with Crippen LogP contribution in [0.5, 0.6) is 0 Å². The van der Waals surface area contributed by atoms with E-state index in [2.05, 4.69) is 10.3 Å². The molecule has 0 unspecified atom stereocenters. The van der Waals surface area contributed by atoms with Gasteiger partial charge in [-0.3, -0.25) is 9.59 Å². The van der Waals surface area contributed by atoms with Crippen LogP contribution in [-0.4, -0.2) is 28.5 Å². The van der Waals surface area contributed by atoms with Crippen LogP contribution in [0.3, 0.4) is 0 Å². The molecule has 142 valence electrons. The van der Waals surface area contributed by atoms with E-state index < -0.39 is 0 Å².